The van der Waals surface area contributed by atoms with Gasteiger partial charge in [0, 0.05) is 24.6 Å². The largest absolute Gasteiger partial charge is 0.489 e. The number of benzene rings is 1. The van der Waals surface area contributed by atoms with Crippen LogP contribution in [0.3, 0.4) is 0 Å². The van der Waals surface area contributed by atoms with Crippen molar-refractivity contribution in [2.75, 3.05) is 13.1 Å². The number of piperidine rings is 2. The molecule has 3 amide bonds. The molecule has 1 aliphatic carbocycles. The van der Waals surface area contributed by atoms with Crippen molar-refractivity contribution in [3.8, 4) is 5.75 Å². The second kappa shape index (κ2) is 8.02. The molecule has 7 heteroatoms. The van der Waals surface area contributed by atoms with Gasteiger partial charge in [-0.05, 0) is 75.4 Å². The standard InChI is InChI=1S/C23H29N3O4/c27-21-10-9-19(22(28)24-21)26-14-15-13-16(7-8-17(15)23(26)29)30-20-6-4-5-18(20)25-11-2-1-3-12-25/h7-8,13,18-20H,1-6,9-12,14H2,(H,24,27,28). The Morgan fingerprint density at radius 3 is 2.60 bits per heavy atom. The lowest BCUT2D eigenvalue weighted by Crippen LogP contribution is -2.52. The molecule has 3 aliphatic heterocycles. The summed E-state index contributed by atoms with van der Waals surface area (Å²) < 4.78 is 6.42. The van der Waals surface area contributed by atoms with Crippen LogP contribution in [0.4, 0.5) is 0 Å². The van der Waals surface area contributed by atoms with Crippen molar-refractivity contribution < 1.29 is 19.1 Å². The SMILES string of the molecule is O=C1CCC(N2Cc3cc(OC4CCCC4N4CCCCC4)ccc3C2=O)C(=O)N1. The quantitative estimate of drug-likeness (QED) is 0.769. The van der Waals surface area contributed by atoms with Crippen LogP contribution in [0.1, 0.15) is 67.3 Å². The Kier molecular flexibility index (Phi) is 5.23. The van der Waals surface area contributed by atoms with Gasteiger partial charge in [-0.25, -0.2) is 0 Å². The summed E-state index contributed by atoms with van der Waals surface area (Å²) in [4.78, 5) is 40.7. The third-order valence-corrected chi connectivity index (χ3v) is 7.06. The summed E-state index contributed by atoms with van der Waals surface area (Å²) in [6, 6.07) is 5.58. The summed E-state index contributed by atoms with van der Waals surface area (Å²) in [5.41, 5.74) is 1.53. The highest BCUT2D eigenvalue weighted by Gasteiger charge is 2.39. The van der Waals surface area contributed by atoms with Crippen molar-refractivity contribution in [1.82, 2.24) is 15.1 Å². The van der Waals surface area contributed by atoms with E-state index in [1.807, 2.05) is 18.2 Å². The summed E-state index contributed by atoms with van der Waals surface area (Å²) in [5.74, 6) is 0.0221. The molecule has 1 aromatic carbocycles. The molecule has 3 unspecified atom stereocenters. The zero-order valence-electron chi connectivity index (χ0n) is 17.3. The van der Waals surface area contributed by atoms with E-state index < -0.39 is 6.04 Å². The highest BCUT2D eigenvalue weighted by molar-refractivity contribution is 6.05. The predicted octanol–water partition coefficient (Wildman–Crippen LogP) is 2.23. The fourth-order valence-electron chi connectivity index (χ4n) is 5.51. The molecule has 0 radical (unpaired) electrons. The van der Waals surface area contributed by atoms with Gasteiger partial charge in [-0.2, -0.15) is 0 Å². The van der Waals surface area contributed by atoms with E-state index in [1.165, 1.54) is 45.2 Å². The van der Waals surface area contributed by atoms with Crippen LogP contribution in [0.15, 0.2) is 18.2 Å². The number of nitrogens with zero attached hydrogens (tertiary/aromatic N) is 2. The number of amides is 3. The Labute approximate surface area is 176 Å². The first-order valence-electron chi connectivity index (χ1n) is 11.3. The first kappa shape index (κ1) is 19.5. The highest BCUT2D eigenvalue weighted by Crippen LogP contribution is 2.33. The van der Waals surface area contributed by atoms with E-state index in [2.05, 4.69) is 10.2 Å². The van der Waals surface area contributed by atoms with Crippen molar-refractivity contribution >= 4 is 17.7 Å². The molecule has 30 heavy (non-hydrogen) atoms. The van der Waals surface area contributed by atoms with Gasteiger partial charge in [0.2, 0.25) is 11.8 Å². The normalized spacial score (nSPS) is 29.8. The van der Waals surface area contributed by atoms with Crippen molar-refractivity contribution in [2.45, 2.75) is 76.1 Å². The van der Waals surface area contributed by atoms with Crippen LogP contribution in [0.25, 0.3) is 0 Å². The number of carbonyl (C=O) groups excluding carboxylic acids is 3. The Hall–Kier alpha value is -2.41. The minimum atomic E-state index is -0.578. The van der Waals surface area contributed by atoms with Gasteiger partial charge in [0.15, 0.2) is 0 Å². The number of likely N-dealkylation sites (tertiary alicyclic amines) is 1. The van der Waals surface area contributed by atoms with E-state index in [1.54, 1.807) is 4.90 Å². The van der Waals surface area contributed by atoms with E-state index >= 15 is 0 Å². The van der Waals surface area contributed by atoms with Gasteiger partial charge in [0.05, 0.1) is 0 Å². The third kappa shape index (κ3) is 3.60. The summed E-state index contributed by atoms with van der Waals surface area (Å²) in [5, 5.41) is 2.35. The lowest BCUT2D eigenvalue weighted by molar-refractivity contribution is -0.136. The molecule has 1 N–H and O–H groups in total. The van der Waals surface area contributed by atoms with Gasteiger partial charge in [0.25, 0.3) is 5.91 Å². The number of imide groups is 1. The number of carbonyl (C=O) groups is 3. The topological polar surface area (TPSA) is 79.0 Å². The molecular weight excluding hydrogens is 382 g/mol. The van der Waals surface area contributed by atoms with Crippen molar-refractivity contribution in [3.63, 3.8) is 0 Å². The van der Waals surface area contributed by atoms with E-state index in [0.29, 0.717) is 24.6 Å². The molecule has 3 heterocycles. The average molecular weight is 412 g/mol. The molecule has 3 atom stereocenters. The number of fused-ring (bicyclic) bond motifs is 1. The summed E-state index contributed by atoms with van der Waals surface area (Å²) in [7, 11) is 0. The van der Waals surface area contributed by atoms with E-state index in [0.717, 1.165) is 17.7 Å². The summed E-state index contributed by atoms with van der Waals surface area (Å²) in [6.45, 7) is 2.73. The first-order valence-corrected chi connectivity index (χ1v) is 11.3. The maximum atomic E-state index is 12.9. The molecule has 1 saturated carbocycles. The maximum Gasteiger partial charge on any atom is 0.255 e. The second-order valence-corrected chi connectivity index (χ2v) is 8.97. The number of rotatable bonds is 4. The minimum absolute atomic E-state index is 0.141. The molecule has 160 valence electrons. The zero-order chi connectivity index (χ0) is 20.7. The molecule has 0 bridgehead atoms. The Bertz CT molecular complexity index is 864. The average Bonchev–Trinajstić information content (AvgIpc) is 3.33. The molecule has 3 fully saturated rings. The summed E-state index contributed by atoms with van der Waals surface area (Å²) >= 11 is 0. The van der Waals surface area contributed by atoms with Crippen molar-refractivity contribution in [2.24, 2.45) is 0 Å². The Morgan fingerprint density at radius 1 is 0.967 bits per heavy atom. The van der Waals surface area contributed by atoms with Crippen molar-refractivity contribution in [1.29, 1.82) is 0 Å². The van der Waals surface area contributed by atoms with Gasteiger partial charge in [-0.15, -0.1) is 0 Å². The molecule has 4 aliphatic rings. The van der Waals surface area contributed by atoms with Crippen molar-refractivity contribution in [3.05, 3.63) is 29.3 Å². The van der Waals surface area contributed by atoms with Gasteiger partial charge >= 0.3 is 0 Å². The van der Waals surface area contributed by atoms with Crippen LogP contribution < -0.4 is 10.1 Å². The molecule has 7 nitrogen and oxygen atoms in total. The van der Waals surface area contributed by atoms with Crippen LogP contribution in [0.5, 0.6) is 5.75 Å². The maximum absolute atomic E-state index is 12.9. The zero-order valence-corrected chi connectivity index (χ0v) is 17.3. The van der Waals surface area contributed by atoms with Crippen LogP contribution in [0, 0.1) is 0 Å². The van der Waals surface area contributed by atoms with E-state index in [9.17, 15) is 14.4 Å². The van der Waals surface area contributed by atoms with Crippen LogP contribution in [-0.4, -0.2) is 58.8 Å². The second-order valence-electron chi connectivity index (χ2n) is 8.97. The molecule has 5 rings (SSSR count). The number of hydrogen-bond donors (Lipinski definition) is 1. The predicted molar refractivity (Wildman–Crippen MR) is 110 cm³/mol. The number of nitrogens with one attached hydrogen (secondary N) is 1. The first-order chi connectivity index (χ1) is 14.6. The fourth-order valence-corrected chi connectivity index (χ4v) is 5.51. The monoisotopic (exact) mass is 411 g/mol. The van der Waals surface area contributed by atoms with Gasteiger partial charge in [-0.1, -0.05) is 6.42 Å². The van der Waals surface area contributed by atoms with Gasteiger partial charge in [-0.3, -0.25) is 24.6 Å². The van der Waals surface area contributed by atoms with E-state index in [4.69, 9.17) is 4.74 Å². The van der Waals surface area contributed by atoms with Gasteiger partial charge in [0.1, 0.15) is 17.9 Å². The lowest BCUT2D eigenvalue weighted by atomic mass is 10.0. The highest BCUT2D eigenvalue weighted by atomic mass is 16.5. The van der Waals surface area contributed by atoms with Crippen LogP contribution in [-0.2, 0) is 16.1 Å². The van der Waals surface area contributed by atoms with E-state index in [-0.39, 0.29) is 30.2 Å². The third-order valence-electron chi connectivity index (χ3n) is 7.06. The smallest absolute Gasteiger partial charge is 0.255 e. The van der Waals surface area contributed by atoms with Crippen LogP contribution in [0.2, 0.25) is 0 Å². The summed E-state index contributed by atoms with van der Waals surface area (Å²) in [6.07, 6.45) is 8.19. The van der Waals surface area contributed by atoms with Gasteiger partial charge < -0.3 is 9.64 Å². The van der Waals surface area contributed by atoms with Crippen LogP contribution >= 0.6 is 0 Å². The Balaban J connectivity index is 1.28. The Morgan fingerprint density at radius 2 is 1.80 bits per heavy atom. The fraction of sp³-hybridized carbons (Fsp3) is 0.609. The molecule has 0 spiro atoms. The number of hydrogen-bond acceptors (Lipinski definition) is 5. The number of ether oxygens (including phenoxy) is 1. The lowest BCUT2D eigenvalue weighted by Gasteiger charge is -2.35. The molecule has 2 saturated heterocycles. The molecule has 0 aromatic heterocycles. The molecule has 1 aromatic rings. The minimum Gasteiger partial charge on any atom is -0.489 e. The molecular formula is C23H29N3O4.